The van der Waals surface area contributed by atoms with Crippen molar-refractivity contribution in [3.63, 3.8) is 0 Å². The highest BCUT2D eigenvalue weighted by Gasteiger charge is 2.13. The summed E-state index contributed by atoms with van der Waals surface area (Å²) in [6.07, 6.45) is 7.52. The van der Waals surface area contributed by atoms with Crippen LogP contribution in [0.1, 0.15) is 36.2 Å². The number of carbonyl (C=O) groups excluding carboxylic acids is 1. The third-order valence-corrected chi connectivity index (χ3v) is 3.14. The fourth-order valence-electron chi connectivity index (χ4n) is 2.10. The summed E-state index contributed by atoms with van der Waals surface area (Å²) in [5.74, 6) is -0.148. The number of hydrogen-bond acceptors (Lipinski definition) is 6. The molecule has 2 rings (SSSR count). The van der Waals surface area contributed by atoms with Crippen LogP contribution in [0.3, 0.4) is 0 Å². The van der Waals surface area contributed by atoms with Crippen LogP contribution in [0.5, 0.6) is 5.88 Å². The molecule has 1 aromatic heterocycles. The molecule has 6 nitrogen and oxygen atoms in total. The van der Waals surface area contributed by atoms with Crippen molar-refractivity contribution in [2.45, 2.75) is 31.7 Å². The quantitative estimate of drug-likeness (QED) is 0.806. The van der Waals surface area contributed by atoms with Crippen LogP contribution in [-0.4, -0.2) is 42.2 Å². The Kier molecular flexibility index (Phi) is 5.09. The number of nitrogens with one attached hydrogen (secondary N) is 1. The van der Waals surface area contributed by atoms with Gasteiger partial charge >= 0.3 is 5.97 Å². The highest BCUT2D eigenvalue weighted by atomic mass is 16.5. The van der Waals surface area contributed by atoms with Gasteiger partial charge in [-0.3, -0.25) is 4.98 Å². The van der Waals surface area contributed by atoms with E-state index in [2.05, 4.69) is 20.0 Å². The second kappa shape index (κ2) is 7.04. The van der Waals surface area contributed by atoms with Gasteiger partial charge in [0.2, 0.25) is 5.88 Å². The first-order valence-corrected chi connectivity index (χ1v) is 6.56. The Hall–Kier alpha value is -1.69. The van der Waals surface area contributed by atoms with Crippen LogP contribution in [-0.2, 0) is 4.74 Å². The number of aromatic nitrogens is 2. The highest BCUT2D eigenvalue weighted by molar-refractivity contribution is 5.86. The van der Waals surface area contributed by atoms with E-state index in [1.54, 1.807) is 0 Å². The molecule has 0 aromatic carbocycles. The van der Waals surface area contributed by atoms with Crippen LogP contribution < -0.4 is 10.1 Å². The molecule has 1 atom stereocenters. The van der Waals surface area contributed by atoms with Crippen molar-refractivity contribution in [3.8, 4) is 5.88 Å². The van der Waals surface area contributed by atoms with E-state index in [9.17, 15) is 4.79 Å². The van der Waals surface area contributed by atoms with E-state index in [1.807, 2.05) is 0 Å². The maximum atomic E-state index is 11.3. The Morgan fingerprint density at radius 2 is 2.37 bits per heavy atom. The van der Waals surface area contributed by atoms with Crippen molar-refractivity contribution in [1.29, 1.82) is 0 Å². The van der Waals surface area contributed by atoms with E-state index in [4.69, 9.17) is 4.74 Å². The van der Waals surface area contributed by atoms with Gasteiger partial charge in [-0.05, 0) is 25.8 Å². The van der Waals surface area contributed by atoms with Crippen LogP contribution in [0.4, 0.5) is 0 Å². The summed E-state index contributed by atoms with van der Waals surface area (Å²) in [5, 5.41) is 3.45. The zero-order valence-electron chi connectivity index (χ0n) is 11.1. The molecule has 1 aromatic rings. The lowest BCUT2D eigenvalue weighted by atomic mass is 10.0. The van der Waals surface area contributed by atoms with E-state index >= 15 is 0 Å². The molecule has 19 heavy (non-hydrogen) atoms. The molecule has 1 fully saturated rings. The van der Waals surface area contributed by atoms with Gasteiger partial charge in [-0.25, -0.2) is 9.78 Å². The Balaban J connectivity index is 1.80. The Labute approximate surface area is 112 Å². The third kappa shape index (κ3) is 4.17. The SMILES string of the molecule is COC(=O)c1cncc(OCCC2CCCCN2)n1. The third-order valence-electron chi connectivity index (χ3n) is 3.14. The first kappa shape index (κ1) is 13.7. The summed E-state index contributed by atoms with van der Waals surface area (Å²) in [5.41, 5.74) is 0.163. The molecule has 1 saturated heterocycles. The number of methoxy groups -OCH3 is 1. The smallest absolute Gasteiger partial charge is 0.358 e. The van der Waals surface area contributed by atoms with E-state index in [0.717, 1.165) is 13.0 Å². The van der Waals surface area contributed by atoms with E-state index < -0.39 is 5.97 Å². The molecule has 1 N–H and O–H groups in total. The first-order valence-electron chi connectivity index (χ1n) is 6.56. The number of rotatable bonds is 5. The number of piperidine rings is 1. The van der Waals surface area contributed by atoms with Gasteiger partial charge in [-0.1, -0.05) is 6.42 Å². The summed E-state index contributed by atoms with van der Waals surface area (Å²) in [6.45, 7) is 1.65. The number of nitrogens with zero attached hydrogens (tertiary/aromatic N) is 2. The lowest BCUT2D eigenvalue weighted by molar-refractivity contribution is 0.0592. The van der Waals surface area contributed by atoms with Gasteiger partial charge in [0.05, 0.1) is 26.1 Å². The van der Waals surface area contributed by atoms with Gasteiger partial charge in [-0.15, -0.1) is 0 Å². The molecule has 0 saturated carbocycles. The van der Waals surface area contributed by atoms with Crippen molar-refractivity contribution in [1.82, 2.24) is 15.3 Å². The number of carbonyl (C=O) groups is 1. The molecule has 0 radical (unpaired) electrons. The van der Waals surface area contributed by atoms with Crippen LogP contribution in [0.15, 0.2) is 12.4 Å². The fraction of sp³-hybridized carbons (Fsp3) is 0.615. The van der Waals surface area contributed by atoms with Crippen molar-refractivity contribution < 1.29 is 14.3 Å². The lowest BCUT2D eigenvalue weighted by Gasteiger charge is -2.23. The molecule has 0 bridgehead atoms. The standard InChI is InChI=1S/C13H19N3O3/c1-18-13(17)11-8-14-9-12(16-11)19-7-5-10-4-2-3-6-15-10/h8-10,15H,2-7H2,1H3. The first-order chi connectivity index (χ1) is 9.29. The molecule has 0 spiro atoms. The second-order valence-corrected chi connectivity index (χ2v) is 4.52. The van der Waals surface area contributed by atoms with Crippen LogP contribution in [0.2, 0.25) is 0 Å². The predicted molar refractivity (Wildman–Crippen MR) is 69.1 cm³/mol. The summed E-state index contributed by atoms with van der Waals surface area (Å²) in [4.78, 5) is 19.3. The van der Waals surface area contributed by atoms with Gasteiger partial charge in [0, 0.05) is 6.04 Å². The van der Waals surface area contributed by atoms with Gasteiger partial charge in [0.1, 0.15) is 0 Å². The Bertz CT molecular complexity index is 419. The summed E-state index contributed by atoms with van der Waals surface area (Å²) in [7, 11) is 1.31. The molecular weight excluding hydrogens is 246 g/mol. The fourth-order valence-corrected chi connectivity index (χ4v) is 2.10. The average molecular weight is 265 g/mol. The molecular formula is C13H19N3O3. The normalized spacial score (nSPS) is 18.9. The number of esters is 1. The summed E-state index contributed by atoms with van der Waals surface area (Å²) >= 11 is 0. The van der Waals surface area contributed by atoms with Gasteiger partial charge < -0.3 is 14.8 Å². The molecule has 6 heteroatoms. The minimum atomic E-state index is -0.508. The summed E-state index contributed by atoms with van der Waals surface area (Å²) < 4.78 is 10.1. The zero-order valence-corrected chi connectivity index (χ0v) is 11.1. The highest BCUT2D eigenvalue weighted by Crippen LogP contribution is 2.11. The van der Waals surface area contributed by atoms with Crippen LogP contribution in [0.25, 0.3) is 0 Å². The van der Waals surface area contributed by atoms with Crippen molar-refractivity contribution >= 4 is 5.97 Å². The second-order valence-electron chi connectivity index (χ2n) is 4.52. The van der Waals surface area contributed by atoms with E-state index in [-0.39, 0.29) is 5.69 Å². The zero-order chi connectivity index (χ0) is 13.5. The number of ether oxygens (including phenoxy) is 2. The maximum Gasteiger partial charge on any atom is 0.358 e. The predicted octanol–water partition coefficient (Wildman–Crippen LogP) is 1.17. The molecule has 104 valence electrons. The molecule has 0 amide bonds. The maximum absolute atomic E-state index is 11.3. The summed E-state index contributed by atoms with van der Waals surface area (Å²) in [6, 6.07) is 0.519. The number of hydrogen-bond donors (Lipinski definition) is 1. The topological polar surface area (TPSA) is 73.3 Å². The average Bonchev–Trinajstić information content (AvgIpc) is 2.48. The Morgan fingerprint density at radius 3 is 3.11 bits per heavy atom. The minimum Gasteiger partial charge on any atom is -0.476 e. The van der Waals surface area contributed by atoms with Crippen molar-refractivity contribution in [2.24, 2.45) is 0 Å². The van der Waals surface area contributed by atoms with Gasteiger partial charge in [-0.2, -0.15) is 0 Å². The van der Waals surface area contributed by atoms with E-state index in [0.29, 0.717) is 18.5 Å². The van der Waals surface area contributed by atoms with Gasteiger partial charge in [0.25, 0.3) is 0 Å². The van der Waals surface area contributed by atoms with Gasteiger partial charge in [0.15, 0.2) is 5.69 Å². The van der Waals surface area contributed by atoms with Crippen LogP contribution >= 0.6 is 0 Å². The largest absolute Gasteiger partial charge is 0.476 e. The monoisotopic (exact) mass is 265 g/mol. The van der Waals surface area contributed by atoms with E-state index in [1.165, 1.54) is 38.8 Å². The molecule has 1 unspecified atom stereocenters. The molecule has 1 aliphatic heterocycles. The molecule has 1 aliphatic rings. The minimum absolute atomic E-state index is 0.163. The molecule has 2 heterocycles. The lowest BCUT2D eigenvalue weighted by Crippen LogP contribution is -2.35. The Morgan fingerprint density at radius 1 is 1.47 bits per heavy atom. The molecule has 0 aliphatic carbocycles. The van der Waals surface area contributed by atoms with Crippen LogP contribution in [0, 0.1) is 0 Å². The van der Waals surface area contributed by atoms with Crippen molar-refractivity contribution in [2.75, 3.05) is 20.3 Å². The van der Waals surface area contributed by atoms with Crippen molar-refractivity contribution in [3.05, 3.63) is 18.1 Å².